The fourth-order valence-electron chi connectivity index (χ4n) is 2.51. The van der Waals surface area contributed by atoms with Crippen LogP contribution in [0.5, 0.6) is 5.75 Å². The van der Waals surface area contributed by atoms with Crippen molar-refractivity contribution in [2.24, 2.45) is 5.73 Å². The van der Waals surface area contributed by atoms with E-state index in [2.05, 4.69) is 10.4 Å². The highest BCUT2D eigenvalue weighted by molar-refractivity contribution is 6.03. The van der Waals surface area contributed by atoms with E-state index in [1.807, 2.05) is 61.5 Å². The zero-order valence-corrected chi connectivity index (χ0v) is 13.8. The number of rotatable bonds is 6. The van der Waals surface area contributed by atoms with E-state index in [0.29, 0.717) is 18.0 Å². The number of hydrogen-bond acceptors (Lipinski definition) is 5. The molecule has 0 spiro atoms. The third-order valence-electron chi connectivity index (χ3n) is 3.61. The number of carbonyl (C=O) groups is 1. The van der Waals surface area contributed by atoms with E-state index >= 15 is 0 Å². The summed E-state index contributed by atoms with van der Waals surface area (Å²) in [7, 11) is 0. The molecule has 25 heavy (non-hydrogen) atoms. The number of nitrogens with two attached hydrogens (primary N) is 2. The number of aromatic nitrogens is 2. The van der Waals surface area contributed by atoms with Gasteiger partial charge in [-0.1, -0.05) is 30.3 Å². The van der Waals surface area contributed by atoms with Crippen LogP contribution in [0.3, 0.4) is 0 Å². The molecule has 0 bridgehead atoms. The Hall–Kier alpha value is -3.48. The molecule has 0 saturated carbocycles. The lowest BCUT2D eigenvalue weighted by molar-refractivity contribution is 0.100. The van der Waals surface area contributed by atoms with Gasteiger partial charge in [-0.05, 0) is 31.2 Å². The van der Waals surface area contributed by atoms with Crippen molar-refractivity contribution in [1.29, 1.82) is 0 Å². The summed E-state index contributed by atoms with van der Waals surface area (Å²) in [4.78, 5) is 11.9. The molecule has 1 heterocycles. The molecular formula is C18H19N5O2. The van der Waals surface area contributed by atoms with Crippen LogP contribution in [-0.2, 0) is 0 Å². The molecule has 0 aliphatic rings. The van der Waals surface area contributed by atoms with Gasteiger partial charge in [-0.3, -0.25) is 4.79 Å². The Morgan fingerprint density at radius 3 is 2.52 bits per heavy atom. The van der Waals surface area contributed by atoms with Crippen LogP contribution in [0.25, 0.3) is 5.69 Å². The van der Waals surface area contributed by atoms with E-state index in [0.717, 1.165) is 5.69 Å². The van der Waals surface area contributed by atoms with E-state index in [-0.39, 0.29) is 17.2 Å². The third-order valence-corrected chi connectivity index (χ3v) is 3.61. The van der Waals surface area contributed by atoms with Gasteiger partial charge in [0.1, 0.15) is 17.1 Å². The third kappa shape index (κ3) is 3.25. The van der Waals surface area contributed by atoms with E-state index in [4.69, 9.17) is 16.2 Å². The van der Waals surface area contributed by atoms with Crippen LogP contribution in [0.2, 0.25) is 0 Å². The fraction of sp³-hybridized carbons (Fsp3) is 0.111. The zero-order valence-electron chi connectivity index (χ0n) is 13.8. The van der Waals surface area contributed by atoms with Crippen LogP contribution >= 0.6 is 0 Å². The number of hydrogen-bond donors (Lipinski definition) is 3. The molecule has 0 aliphatic carbocycles. The van der Waals surface area contributed by atoms with Gasteiger partial charge in [0.15, 0.2) is 5.82 Å². The summed E-state index contributed by atoms with van der Waals surface area (Å²) in [6, 6.07) is 16.7. The number of ether oxygens (including phenoxy) is 1. The van der Waals surface area contributed by atoms with E-state index in [9.17, 15) is 4.79 Å². The summed E-state index contributed by atoms with van der Waals surface area (Å²) in [5.74, 6) is 0.445. The average molecular weight is 337 g/mol. The lowest BCUT2D eigenvalue weighted by Gasteiger charge is -2.11. The van der Waals surface area contributed by atoms with E-state index in [1.54, 1.807) is 0 Å². The van der Waals surface area contributed by atoms with Gasteiger partial charge in [0.25, 0.3) is 5.91 Å². The second-order valence-corrected chi connectivity index (χ2v) is 5.27. The largest absolute Gasteiger partial charge is 0.492 e. The van der Waals surface area contributed by atoms with Crippen molar-refractivity contribution in [1.82, 2.24) is 9.78 Å². The number of carbonyl (C=O) groups excluding carboxylic acids is 1. The molecule has 0 aliphatic heterocycles. The van der Waals surface area contributed by atoms with Gasteiger partial charge < -0.3 is 21.5 Å². The molecule has 0 fully saturated rings. The molecular weight excluding hydrogens is 318 g/mol. The van der Waals surface area contributed by atoms with Gasteiger partial charge in [-0.2, -0.15) is 0 Å². The van der Waals surface area contributed by atoms with Gasteiger partial charge in [0.05, 0.1) is 18.0 Å². The van der Waals surface area contributed by atoms with Gasteiger partial charge in [0.2, 0.25) is 0 Å². The van der Waals surface area contributed by atoms with Crippen LogP contribution in [0, 0.1) is 0 Å². The number of para-hydroxylation sites is 3. The van der Waals surface area contributed by atoms with E-state index in [1.165, 1.54) is 4.68 Å². The Morgan fingerprint density at radius 2 is 1.84 bits per heavy atom. The molecule has 7 heteroatoms. The average Bonchev–Trinajstić information content (AvgIpc) is 2.94. The van der Waals surface area contributed by atoms with Crippen LogP contribution < -0.4 is 21.5 Å². The number of primary amides is 1. The highest BCUT2D eigenvalue weighted by Gasteiger charge is 2.22. The predicted molar refractivity (Wildman–Crippen MR) is 97.4 cm³/mol. The Morgan fingerprint density at radius 1 is 1.16 bits per heavy atom. The highest BCUT2D eigenvalue weighted by atomic mass is 16.5. The van der Waals surface area contributed by atoms with Gasteiger partial charge in [-0.25, -0.2) is 4.68 Å². The molecule has 0 saturated heterocycles. The maximum atomic E-state index is 11.9. The summed E-state index contributed by atoms with van der Waals surface area (Å²) in [6.45, 7) is 2.41. The number of nitrogen functional groups attached to an aromatic ring is 1. The van der Waals surface area contributed by atoms with Crippen molar-refractivity contribution in [2.75, 3.05) is 17.7 Å². The minimum Gasteiger partial charge on any atom is -0.492 e. The van der Waals surface area contributed by atoms with Gasteiger partial charge in [-0.15, -0.1) is 5.10 Å². The molecule has 1 aromatic heterocycles. The number of nitrogens with zero attached hydrogens (tertiary/aromatic N) is 2. The Balaban J connectivity index is 2.06. The number of amides is 1. The molecule has 0 atom stereocenters. The maximum Gasteiger partial charge on any atom is 0.256 e. The first-order valence-electron chi connectivity index (χ1n) is 7.84. The van der Waals surface area contributed by atoms with Crippen molar-refractivity contribution in [3.05, 3.63) is 60.2 Å². The second-order valence-electron chi connectivity index (χ2n) is 5.27. The predicted octanol–water partition coefficient (Wildman–Crippen LogP) is 2.70. The molecule has 3 rings (SSSR count). The summed E-state index contributed by atoms with van der Waals surface area (Å²) in [6.07, 6.45) is 0. The highest BCUT2D eigenvalue weighted by Crippen LogP contribution is 2.31. The quantitative estimate of drug-likeness (QED) is 0.641. The lowest BCUT2D eigenvalue weighted by atomic mass is 10.2. The summed E-state index contributed by atoms with van der Waals surface area (Å²) < 4.78 is 7.06. The van der Waals surface area contributed by atoms with Crippen molar-refractivity contribution >= 4 is 23.2 Å². The normalized spacial score (nSPS) is 10.4. The minimum atomic E-state index is -0.656. The van der Waals surface area contributed by atoms with Crippen molar-refractivity contribution in [3.63, 3.8) is 0 Å². The van der Waals surface area contributed by atoms with Crippen LogP contribution in [0.15, 0.2) is 54.6 Å². The Labute approximate surface area is 145 Å². The van der Waals surface area contributed by atoms with E-state index < -0.39 is 5.91 Å². The number of anilines is 3. The number of nitrogens with one attached hydrogen (secondary N) is 1. The fourth-order valence-corrected chi connectivity index (χ4v) is 2.51. The molecule has 7 nitrogen and oxygen atoms in total. The second kappa shape index (κ2) is 6.96. The lowest BCUT2D eigenvalue weighted by Crippen LogP contribution is -2.15. The molecule has 0 radical (unpaired) electrons. The molecule has 2 aromatic carbocycles. The molecule has 0 unspecified atom stereocenters. The first kappa shape index (κ1) is 16.4. The van der Waals surface area contributed by atoms with Crippen LogP contribution in [0.4, 0.5) is 17.3 Å². The Kier molecular flexibility index (Phi) is 4.56. The zero-order chi connectivity index (χ0) is 17.8. The van der Waals surface area contributed by atoms with Crippen molar-refractivity contribution < 1.29 is 9.53 Å². The molecule has 1 amide bonds. The smallest absolute Gasteiger partial charge is 0.256 e. The molecule has 128 valence electrons. The summed E-state index contributed by atoms with van der Waals surface area (Å²) >= 11 is 0. The summed E-state index contributed by atoms with van der Waals surface area (Å²) in [5, 5.41) is 7.52. The first-order chi connectivity index (χ1) is 12.1. The maximum absolute atomic E-state index is 11.9. The van der Waals surface area contributed by atoms with Crippen LogP contribution in [-0.4, -0.2) is 22.3 Å². The van der Waals surface area contributed by atoms with Crippen molar-refractivity contribution in [2.45, 2.75) is 6.92 Å². The molecule has 5 N–H and O–H groups in total. The Bertz CT molecular complexity index is 890. The van der Waals surface area contributed by atoms with Crippen molar-refractivity contribution in [3.8, 4) is 11.4 Å². The van der Waals surface area contributed by atoms with Gasteiger partial charge >= 0.3 is 0 Å². The standard InChI is InChI=1S/C18H19N5O2/c1-2-25-14-11-7-6-10-13(14)21-18-15(17(20)24)16(19)23(22-18)12-8-4-3-5-9-12/h3-11H,2,19H2,1H3,(H2,20,24)(H,21,22). The summed E-state index contributed by atoms with van der Waals surface area (Å²) in [5.41, 5.74) is 13.2. The number of benzene rings is 2. The SMILES string of the molecule is CCOc1ccccc1Nc1nn(-c2ccccc2)c(N)c1C(N)=O. The molecule has 3 aromatic rings. The van der Waals surface area contributed by atoms with Crippen LogP contribution in [0.1, 0.15) is 17.3 Å². The van der Waals surface area contributed by atoms with Gasteiger partial charge in [0, 0.05) is 0 Å². The monoisotopic (exact) mass is 337 g/mol. The first-order valence-corrected chi connectivity index (χ1v) is 7.84. The topological polar surface area (TPSA) is 108 Å². The minimum absolute atomic E-state index is 0.134.